The molecule has 106 valence electrons. The predicted octanol–water partition coefficient (Wildman–Crippen LogP) is 2.41. The zero-order valence-corrected chi connectivity index (χ0v) is 12.2. The summed E-state index contributed by atoms with van der Waals surface area (Å²) in [5.74, 6) is -0.446. The van der Waals surface area contributed by atoms with Crippen LogP contribution >= 0.6 is 11.6 Å². The molecule has 0 aliphatic heterocycles. The number of nitrogens with zero attached hydrogens (tertiary/aromatic N) is 4. The monoisotopic (exact) mass is 294 g/mol. The quantitative estimate of drug-likeness (QED) is 0.936. The van der Waals surface area contributed by atoms with Crippen LogP contribution in [0.25, 0.3) is 11.4 Å². The van der Waals surface area contributed by atoms with E-state index in [4.69, 9.17) is 11.6 Å². The maximum atomic E-state index is 11.2. The van der Waals surface area contributed by atoms with Gasteiger partial charge in [-0.05, 0) is 48.9 Å². The Morgan fingerprint density at radius 2 is 2.15 bits per heavy atom. The van der Waals surface area contributed by atoms with E-state index < -0.39 is 11.4 Å². The highest BCUT2D eigenvalue weighted by atomic mass is 35.5. The molecule has 6 nitrogen and oxygen atoms in total. The Bertz CT molecular complexity index is 652. The molecule has 1 heterocycles. The van der Waals surface area contributed by atoms with Gasteiger partial charge < -0.3 is 5.11 Å². The molecule has 0 saturated heterocycles. The Kier molecular flexibility index (Phi) is 3.76. The summed E-state index contributed by atoms with van der Waals surface area (Å²) < 4.78 is 1.46. The second-order valence-corrected chi connectivity index (χ2v) is 5.74. The standard InChI is InChI=1S/C13H15ClN4O2/c1-8-4-5-9(10(14)6-8)11-15-16-17-18(11)7-13(2,3)12(19)20/h4-6H,7H2,1-3H3,(H,19,20). The number of carboxylic acids is 1. The van der Waals surface area contributed by atoms with Crippen molar-refractivity contribution in [2.75, 3.05) is 0 Å². The van der Waals surface area contributed by atoms with Gasteiger partial charge in [0.15, 0.2) is 5.82 Å². The van der Waals surface area contributed by atoms with E-state index in [9.17, 15) is 9.90 Å². The summed E-state index contributed by atoms with van der Waals surface area (Å²) in [4.78, 5) is 11.2. The van der Waals surface area contributed by atoms with Crippen molar-refractivity contribution >= 4 is 17.6 Å². The van der Waals surface area contributed by atoms with Crippen LogP contribution in [0.4, 0.5) is 0 Å². The third kappa shape index (κ3) is 2.80. The number of hydrogen-bond acceptors (Lipinski definition) is 4. The highest BCUT2D eigenvalue weighted by Gasteiger charge is 2.29. The van der Waals surface area contributed by atoms with E-state index in [0.717, 1.165) is 5.56 Å². The first-order chi connectivity index (χ1) is 9.31. The third-order valence-corrected chi connectivity index (χ3v) is 3.33. The van der Waals surface area contributed by atoms with Crippen LogP contribution in [0.3, 0.4) is 0 Å². The molecule has 0 amide bonds. The fraction of sp³-hybridized carbons (Fsp3) is 0.385. The molecule has 0 saturated carbocycles. The first kappa shape index (κ1) is 14.5. The van der Waals surface area contributed by atoms with Gasteiger partial charge in [-0.15, -0.1) is 5.10 Å². The number of halogens is 1. The van der Waals surface area contributed by atoms with Crippen LogP contribution in [0, 0.1) is 12.3 Å². The van der Waals surface area contributed by atoms with Crippen LogP contribution in [-0.4, -0.2) is 31.3 Å². The van der Waals surface area contributed by atoms with Crippen molar-refractivity contribution in [3.63, 3.8) is 0 Å². The topological polar surface area (TPSA) is 80.9 Å². The van der Waals surface area contributed by atoms with Gasteiger partial charge in [0.05, 0.1) is 17.0 Å². The fourth-order valence-corrected chi connectivity index (χ4v) is 2.07. The van der Waals surface area contributed by atoms with Gasteiger partial charge in [-0.2, -0.15) is 0 Å². The number of aliphatic carboxylic acids is 1. The van der Waals surface area contributed by atoms with Crippen molar-refractivity contribution < 1.29 is 9.90 Å². The first-order valence-corrected chi connectivity index (χ1v) is 6.45. The normalized spacial score (nSPS) is 11.6. The van der Waals surface area contributed by atoms with E-state index in [-0.39, 0.29) is 6.54 Å². The zero-order valence-electron chi connectivity index (χ0n) is 11.5. The molecular weight excluding hydrogens is 280 g/mol. The molecule has 2 aromatic rings. The van der Waals surface area contributed by atoms with Gasteiger partial charge in [-0.3, -0.25) is 4.79 Å². The lowest BCUT2D eigenvalue weighted by atomic mass is 9.94. The zero-order chi connectivity index (χ0) is 14.9. The summed E-state index contributed by atoms with van der Waals surface area (Å²) in [5.41, 5.74) is 0.744. The van der Waals surface area contributed by atoms with Gasteiger partial charge >= 0.3 is 5.97 Å². The van der Waals surface area contributed by atoms with E-state index in [1.165, 1.54) is 4.68 Å². The Hall–Kier alpha value is -1.95. The minimum absolute atomic E-state index is 0.162. The van der Waals surface area contributed by atoms with Crippen LogP contribution in [0.1, 0.15) is 19.4 Å². The van der Waals surface area contributed by atoms with Crippen molar-refractivity contribution in [1.29, 1.82) is 0 Å². The number of aromatic nitrogens is 4. The van der Waals surface area contributed by atoms with E-state index in [1.807, 2.05) is 25.1 Å². The molecule has 2 rings (SSSR count). The molecule has 1 aromatic heterocycles. The van der Waals surface area contributed by atoms with Crippen LogP contribution in [0.15, 0.2) is 18.2 Å². The molecule has 0 atom stereocenters. The highest BCUT2D eigenvalue weighted by Crippen LogP contribution is 2.28. The summed E-state index contributed by atoms with van der Waals surface area (Å²) in [5, 5.41) is 21.1. The van der Waals surface area contributed by atoms with Gasteiger partial charge in [-0.25, -0.2) is 4.68 Å². The molecule has 7 heteroatoms. The third-order valence-electron chi connectivity index (χ3n) is 3.02. The summed E-state index contributed by atoms with van der Waals surface area (Å²) in [6.07, 6.45) is 0. The van der Waals surface area contributed by atoms with Gasteiger partial charge in [0.1, 0.15) is 0 Å². The number of aryl methyl sites for hydroxylation is 1. The number of rotatable bonds is 4. The molecule has 0 bridgehead atoms. The van der Waals surface area contributed by atoms with Crippen molar-refractivity contribution in [1.82, 2.24) is 20.2 Å². The first-order valence-electron chi connectivity index (χ1n) is 6.07. The van der Waals surface area contributed by atoms with Crippen molar-refractivity contribution in [2.24, 2.45) is 5.41 Å². The summed E-state index contributed by atoms with van der Waals surface area (Å²) >= 11 is 6.20. The van der Waals surface area contributed by atoms with Gasteiger partial charge in [0.25, 0.3) is 0 Å². The summed E-state index contributed by atoms with van der Waals surface area (Å²) in [6, 6.07) is 5.55. The van der Waals surface area contributed by atoms with Gasteiger partial charge in [0, 0.05) is 5.56 Å². The number of tetrazole rings is 1. The van der Waals surface area contributed by atoms with Crippen molar-refractivity contribution in [3.8, 4) is 11.4 Å². The average Bonchev–Trinajstić information content (AvgIpc) is 2.76. The minimum atomic E-state index is -0.971. The van der Waals surface area contributed by atoms with Crippen LogP contribution in [0.5, 0.6) is 0 Å². The maximum absolute atomic E-state index is 11.2. The molecule has 1 aromatic carbocycles. The van der Waals surface area contributed by atoms with E-state index in [2.05, 4.69) is 15.5 Å². The number of benzene rings is 1. The number of hydrogen-bond donors (Lipinski definition) is 1. The van der Waals surface area contributed by atoms with Crippen LogP contribution < -0.4 is 0 Å². The Morgan fingerprint density at radius 1 is 1.45 bits per heavy atom. The predicted molar refractivity (Wildman–Crippen MR) is 74.4 cm³/mol. The fourth-order valence-electron chi connectivity index (χ4n) is 1.75. The maximum Gasteiger partial charge on any atom is 0.310 e. The van der Waals surface area contributed by atoms with Crippen molar-refractivity contribution in [3.05, 3.63) is 28.8 Å². The Labute approximate surface area is 121 Å². The minimum Gasteiger partial charge on any atom is -0.481 e. The molecule has 0 spiro atoms. The molecule has 0 aliphatic rings. The number of carbonyl (C=O) groups is 1. The summed E-state index contributed by atoms with van der Waals surface area (Å²) in [7, 11) is 0. The Morgan fingerprint density at radius 3 is 2.75 bits per heavy atom. The van der Waals surface area contributed by atoms with Crippen LogP contribution in [0.2, 0.25) is 5.02 Å². The molecule has 1 N–H and O–H groups in total. The van der Waals surface area contributed by atoms with Crippen LogP contribution in [-0.2, 0) is 11.3 Å². The summed E-state index contributed by atoms with van der Waals surface area (Å²) in [6.45, 7) is 5.34. The lowest BCUT2D eigenvalue weighted by molar-refractivity contribution is -0.147. The molecular formula is C13H15ClN4O2. The van der Waals surface area contributed by atoms with E-state index in [1.54, 1.807) is 13.8 Å². The lowest BCUT2D eigenvalue weighted by Crippen LogP contribution is -2.30. The molecule has 0 fully saturated rings. The Balaban J connectivity index is 2.41. The van der Waals surface area contributed by atoms with E-state index in [0.29, 0.717) is 16.4 Å². The van der Waals surface area contributed by atoms with E-state index >= 15 is 0 Å². The molecule has 0 unspecified atom stereocenters. The average molecular weight is 295 g/mol. The second-order valence-electron chi connectivity index (χ2n) is 5.33. The SMILES string of the molecule is Cc1ccc(-c2nnnn2CC(C)(C)C(=O)O)c(Cl)c1. The molecule has 0 aliphatic carbocycles. The largest absolute Gasteiger partial charge is 0.481 e. The molecule has 20 heavy (non-hydrogen) atoms. The number of carboxylic acid groups (broad SMARTS) is 1. The van der Waals surface area contributed by atoms with Crippen molar-refractivity contribution in [2.45, 2.75) is 27.3 Å². The smallest absolute Gasteiger partial charge is 0.310 e. The van der Waals surface area contributed by atoms with Gasteiger partial charge in [-0.1, -0.05) is 17.7 Å². The highest BCUT2D eigenvalue weighted by molar-refractivity contribution is 6.33. The lowest BCUT2D eigenvalue weighted by Gasteiger charge is -2.19. The second kappa shape index (κ2) is 5.20. The van der Waals surface area contributed by atoms with Gasteiger partial charge in [0.2, 0.25) is 0 Å². The molecule has 0 radical (unpaired) electrons.